The second-order valence-corrected chi connectivity index (χ2v) is 7.14. The van der Waals surface area contributed by atoms with Crippen molar-refractivity contribution in [2.75, 3.05) is 59.4 Å². The number of nitrogens with one attached hydrogen (secondary N) is 1. The first-order valence-corrected chi connectivity index (χ1v) is 10.0. The van der Waals surface area contributed by atoms with Gasteiger partial charge in [0, 0.05) is 31.9 Å². The highest BCUT2D eigenvalue weighted by Crippen LogP contribution is 2.04. The summed E-state index contributed by atoms with van der Waals surface area (Å²) in [5.41, 5.74) is 0. The monoisotopic (exact) mass is 389 g/mol. The highest BCUT2D eigenvalue weighted by atomic mass is 16.6. The molecule has 0 radical (unpaired) electrons. The fourth-order valence-electron chi connectivity index (χ4n) is 2.14. The van der Waals surface area contributed by atoms with Crippen molar-refractivity contribution in [1.29, 1.82) is 0 Å². The van der Waals surface area contributed by atoms with E-state index in [1.165, 1.54) is 0 Å². The number of hydrogen-bond acceptors (Lipinski definition) is 6. The SMILES string of the molecule is CC(C)CC(=O)CCCOCCOCCOCCOCCNC(=O)C(C)C. The molecule has 0 rings (SSSR count). The Kier molecular flexibility index (Phi) is 17.7. The van der Waals surface area contributed by atoms with E-state index in [1.54, 1.807) is 0 Å². The lowest BCUT2D eigenvalue weighted by Gasteiger charge is -2.09. The molecule has 0 heterocycles. The molecule has 0 fully saturated rings. The van der Waals surface area contributed by atoms with E-state index in [4.69, 9.17) is 18.9 Å². The van der Waals surface area contributed by atoms with Crippen LogP contribution in [0.25, 0.3) is 0 Å². The van der Waals surface area contributed by atoms with E-state index in [0.717, 1.165) is 6.42 Å². The minimum Gasteiger partial charge on any atom is -0.379 e. The van der Waals surface area contributed by atoms with Gasteiger partial charge in [-0.3, -0.25) is 9.59 Å². The molecule has 0 spiro atoms. The molecule has 1 amide bonds. The molecule has 0 saturated carbocycles. The standard InChI is InChI=1S/C20H39NO6/c1-17(2)16-19(22)6-5-8-24-10-12-26-14-15-27-13-11-25-9-7-21-20(23)18(3)4/h17-18H,5-16H2,1-4H3,(H,21,23). The molecule has 0 bridgehead atoms. The predicted molar refractivity (Wildman–Crippen MR) is 105 cm³/mol. The zero-order valence-corrected chi connectivity index (χ0v) is 17.6. The number of carbonyl (C=O) groups excluding carboxylic acids is 2. The summed E-state index contributed by atoms with van der Waals surface area (Å²) in [6, 6.07) is 0. The third kappa shape index (κ3) is 19.5. The number of ketones is 1. The highest BCUT2D eigenvalue weighted by Gasteiger charge is 2.05. The molecule has 1 N–H and O–H groups in total. The predicted octanol–water partition coefficient (Wildman–Crippen LogP) is 2.22. The van der Waals surface area contributed by atoms with Crippen molar-refractivity contribution in [3.05, 3.63) is 0 Å². The molecule has 0 aliphatic heterocycles. The molecule has 7 heteroatoms. The second kappa shape index (κ2) is 18.3. The van der Waals surface area contributed by atoms with Crippen LogP contribution in [0, 0.1) is 11.8 Å². The van der Waals surface area contributed by atoms with Crippen molar-refractivity contribution in [2.24, 2.45) is 11.8 Å². The van der Waals surface area contributed by atoms with Crippen LogP contribution < -0.4 is 5.32 Å². The van der Waals surface area contributed by atoms with E-state index in [0.29, 0.717) is 83.9 Å². The number of ether oxygens (including phenoxy) is 4. The smallest absolute Gasteiger partial charge is 0.222 e. The summed E-state index contributed by atoms with van der Waals surface area (Å²) in [7, 11) is 0. The maximum atomic E-state index is 11.5. The molecule has 0 aliphatic rings. The van der Waals surface area contributed by atoms with Gasteiger partial charge in [-0.25, -0.2) is 0 Å². The van der Waals surface area contributed by atoms with Crippen LogP contribution in [-0.2, 0) is 28.5 Å². The van der Waals surface area contributed by atoms with Crippen LogP contribution in [-0.4, -0.2) is 71.1 Å². The Morgan fingerprint density at radius 2 is 1.22 bits per heavy atom. The molecule has 27 heavy (non-hydrogen) atoms. The van der Waals surface area contributed by atoms with Gasteiger partial charge in [0.2, 0.25) is 5.91 Å². The van der Waals surface area contributed by atoms with Gasteiger partial charge in [-0.1, -0.05) is 27.7 Å². The van der Waals surface area contributed by atoms with Crippen molar-refractivity contribution in [2.45, 2.75) is 47.0 Å². The third-order valence-electron chi connectivity index (χ3n) is 3.57. The summed E-state index contributed by atoms with van der Waals surface area (Å²) in [6.07, 6.45) is 2.03. The van der Waals surface area contributed by atoms with Gasteiger partial charge in [-0.2, -0.15) is 0 Å². The van der Waals surface area contributed by atoms with Crippen LogP contribution >= 0.6 is 0 Å². The number of hydrogen-bond donors (Lipinski definition) is 1. The van der Waals surface area contributed by atoms with Crippen LogP contribution in [0.2, 0.25) is 0 Å². The van der Waals surface area contributed by atoms with Gasteiger partial charge >= 0.3 is 0 Å². The van der Waals surface area contributed by atoms with E-state index < -0.39 is 0 Å². The normalized spacial score (nSPS) is 11.3. The van der Waals surface area contributed by atoms with Crippen molar-refractivity contribution in [3.63, 3.8) is 0 Å². The number of carbonyl (C=O) groups is 2. The maximum absolute atomic E-state index is 11.5. The second-order valence-electron chi connectivity index (χ2n) is 7.14. The highest BCUT2D eigenvalue weighted by molar-refractivity contribution is 5.78. The first-order chi connectivity index (χ1) is 12.9. The maximum Gasteiger partial charge on any atom is 0.222 e. The van der Waals surface area contributed by atoms with E-state index >= 15 is 0 Å². The molecule has 7 nitrogen and oxygen atoms in total. The fraction of sp³-hybridized carbons (Fsp3) is 0.900. The van der Waals surface area contributed by atoms with Crippen molar-refractivity contribution < 1.29 is 28.5 Å². The van der Waals surface area contributed by atoms with Crippen LogP contribution in [0.3, 0.4) is 0 Å². The van der Waals surface area contributed by atoms with Crippen LogP contribution in [0.4, 0.5) is 0 Å². The lowest BCUT2D eigenvalue weighted by atomic mass is 10.0. The molecule has 0 aromatic rings. The Balaban J connectivity index is 3.15. The zero-order chi connectivity index (χ0) is 20.3. The first kappa shape index (κ1) is 26.0. The van der Waals surface area contributed by atoms with Gasteiger partial charge in [-0.15, -0.1) is 0 Å². The number of Topliss-reactive ketones (excluding diaryl/α,β-unsaturated/α-hetero) is 1. The number of amides is 1. The summed E-state index contributed by atoms with van der Waals surface area (Å²) >= 11 is 0. The van der Waals surface area contributed by atoms with E-state index in [-0.39, 0.29) is 11.8 Å². The molecular formula is C20H39NO6. The average molecular weight is 390 g/mol. The molecule has 160 valence electrons. The molecule has 0 aromatic carbocycles. The van der Waals surface area contributed by atoms with Gasteiger partial charge in [-0.05, 0) is 12.3 Å². The van der Waals surface area contributed by atoms with Gasteiger partial charge in [0.25, 0.3) is 0 Å². The van der Waals surface area contributed by atoms with E-state index in [9.17, 15) is 9.59 Å². The van der Waals surface area contributed by atoms with E-state index in [2.05, 4.69) is 19.2 Å². The lowest BCUT2D eigenvalue weighted by Crippen LogP contribution is -2.31. The minimum atomic E-state index is -0.00218. The van der Waals surface area contributed by atoms with Crippen molar-refractivity contribution in [3.8, 4) is 0 Å². The van der Waals surface area contributed by atoms with Gasteiger partial charge in [0.15, 0.2) is 0 Å². The van der Waals surface area contributed by atoms with Gasteiger partial charge in [0.1, 0.15) is 5.78 Å². The summed E-state index contributed by atoms with van der Waals surface area (Å²) in [5.74, 6) is 0.775. The van der Waals surface area contributed by atoms with Gasteiger partial charge < -0.3 is 24.3 Å². The molecule has 0 aromatic heterocycles. The van der Waals surface area contributed by atoms with Crippen molar-refractivity contribution in [1.82, 2.24) is 5.32 Å². The average Bonchev–Trinajstić information content (AvgIpc) is 2.60. The Morgan fingerprint density at radius 3 is 1.70 bits per heavy atom. The summed E-state index contributed by atoms with van der Waals surface area (Å²) in [5, 5.41) is 2.78. The molecule has 0 atom stereocenters. The van der Waals surface area contributed by atoms with Crippen LogP contribution in [0.1, 0.15) is 47.0 Å². The largest absolute Gasteiger partial charge is 0.379 e. The fourth-order valence-corrected chi connectivity index (χ4v) is 2.14. The Morgan fingerprint density at radius 1 is 0.741 bits per heavy atom. The van der Waals surface area contributed by atoms with Crippen molar-refractivity contribution >= 4 is 11.7 Å². The van der Waals surface area contributed by atoms with Crippen LogP contribution in [0.5, 0.6) is 0 Å². The van der Waals surface area contributed by atoms with E-state index in [1.807, 2.05) is 13.8 Å². The number of rotatable bonds is 19. The summed E-state index contributed by atoms with van der Waals surface area (Å²) < 4.78 is 21.6. The Bertz CT molecular complexity index is 373. The molecular weight excluding hydrogens is 350 g/mol. The van der Waals surface area contributed by atoms with Crippen LogP contribution in [0.15, 0.2) is 0 Å². The third-order valence-corrected chi connectivity index (χ3v) is 3.57. The van der Waals surface area contributed by atoms with Gasteiger partial charge in [0.05, 0.1) is 46.2 Å². The zero-order valence-electron chi connectivity index (χ0n) is 17.6. The summed E-state index contributed by atoms with van der Waals surface area (Å²) in [4.78, 5) is 22.8. The quantitative estimate of drug-likeness (QED) is 0.341. The first-order valence-electron chi connectivity index (χ1n) is 10.0. The molecule has 0 unspecified atom stereocenters. The Hall–Kier alpha value is -1.02. The Labute approximate surface area is 164 Å². The minimum absolute atomic E-state index is 0.00218. The topological polar surface area (TPSA) is 83.1 Å². The molecule has 0 aliphatic carbocycles. The summed E-state index contributed by atoms with van der Waals surface area (Å²) in [6.45, 7) is 12.5. The lowest BCUT2D eigenvalue weighted by molar-refractivity contribution is -0.124. The molecule has 0 saturated heterocycles.